The average Bonchev–Trinajstić information content (AvgIpc) is 1.78. The van der Waals surface area contributed by atoms with Gasteiger partial charge in [0.15, 0.2) is 0 Å². The van der Waals surface area contributed by atoms with E-state index >= 15 is 0 Å². The molecule has 0 unspecified atom stereocenters. The van der Waals surface area contributed by atoms with E-state index in [0.29, 0.717) is 0 Å². The summed E-state index contributed by atoms with van der Waals surface area (Å²) in [5.74, 6) is -2.28. The SMILES string of the molecule is CC(C)(C)OC(=O)N/C=C/P(=O)(Cl)Cl. The molecule has 0 aromatic carbocycles. The number of nitrogens with one attached hydrogen (secondary N) is 1. The number of halogens is 2. The normalized spacial score (nSPS) is 12.9. The fourth-order valence-electron chi connectivity index (χ4n) is 0.500. The first-order valence-electron chi connectivity index (χ1n) is 3.76. The minimum Gasteiger partial charge on any atom is -0.444 e. The van der Waals surface area contributed by atoms with Gasteiger partial charge >= 0.3 is 6.09 Å². The van der Waals surface area contributed by atoms with Crippen molar-refractivity contribution in [3.8, 4) is 0 Å². The molecule has 0 saturated carbocycles. The summed E-state index contributed by atoms with van der Waals surface area (Å²) in [5, 5.41) is 2.21. The van der Waals surface area contributed by atoms with Crippen LogP contribution < -0.4 is 5.32 Å². The number of carbonyl (C=O) groups is 1. The molecule has 0 aliphatic heterocycles. The molecule has 82 valence electrons. The highest BCUT2D eigenvalue weighted by atomic mass is 35.9. The first-order chi connectivity index (χ1) is 6.10. The van der Waals surface area contributed by atoms with Crippen molar-refractivity contribution in [3.63, 3.8) is 0 Å². The van der Waals surface area contributed by atoms with Crippen LogP contribution in [-0.4, -0.2) is 11.7 Å². The lowest BCUT2D eigenvalue weighted by Crippen LogP contribution is -2.29. The van der Waals surface area contributed by atoms with Gasteiger partial charge in [-0.05, 0) is 43.3 Å². The zero-order valence-corrected chi connectivity index (χ0v) is 10.5. The van der Waals surface area contributed by atoms with Gasteiger partial charge in [-0.25, -0.2) is 4.79 Å². The van der Waals surface area contributed by atoms with E-state index in [0.717, 1.165) is 12.0 Å². The van der Waals surface area contributed by atoms with E-state index in [4.69, 9.17) is 27.2 Å². The summed E-state index contributed by atoms with van der Waals surface area (Å²) >= 11 is 10.4. The van der Waals surface area contributed by atoms with Crippen LogP contribution in [0.2, 0.25) is 0 Å². The van der Waals surface area contributed by atoms with Gasteiger partial charge in [0.05, 0.1) is 0 Å². The van der Waals surface area contributed by atoms with Gasteiger partial charge in [0.25, 0.3) is 5.85 Å². The molecule has 0 saturated heterocycles. The molecule has 4 nitrogen and oxygen atoms in total. The molecule has 0 aromatic rings. The quantitative estimate of drug-likeness (QED) is 0.771. The lowest BCUT2D eigenvalue weighted by Gasteiger charge is -2.18. The Balaban J connectivity index is 3.99. The molecule has 0 aliphatic carbocycles. The zero-order chi connectivity index (χ0) is 11.4. The van der Waals surface area contributed by atoms with Crippen molar-refractivity contribution < 1.29 is 14.1 Å². The molecular formula is C7H12Cl2NO3P. The Morgan fingerprint density at radius 2 is 1.93 bits per heavy atom. The summed E-state index contributed by atoms with van der Waals surface area (Å²) in [5.41, 5.74) is -0.580. The Hall–Kier alpha value is -0.180. The lowest BCUT2D eigenvalue weighted by molar-refractivity contribution is 0.0552. The predicted octanol–water partition coefficient (Wildman–Crippen LogP) is 3.65. The maximum absolute atomic E-state index is 11.0. The van der Waals surface area contributed by atoms with Crippen LogP contribution in [0.15, 0.2) is 12.0 Å². The van der Waals surface area contributed by atoms with Gasteiger partial charge in [-0.3, -0.25) is 9.88 Å². The van der Waals surface area contributed by atoms with Crippen LogP contribution in [-0.2, 0) is 9.30 Å². The second-order valence-corrected chi connectivity index (χ2v) is 8.30. The molecule has 0 spiro atoms. The summed E-state index contributed by atoms with van der Waals surface area (Å²) < 4.78 is 15.6. The van der Waals surface area contributed by atoms with Crippen molar-refractivity contribution >= 4 is 34.4 Å². The van der Waals surface area contributed by atoms with Gasteiger partial charge < -0.3 is 4.74 Å². The molecule has 1 amide bonds. The summed E-state index contributed by atoms with van der Waals surface area (Å²) in [6.45, 7) is 5.18. The third kappa shape index (κ3) is 9.90. The Bertz CT molecular complexity index is 279. The first kappa shape index (κ1) is 13.8. The first-order valence-corrected chi connectivity index (χ1v) is 7.35. The minimum absolute atomic E-state index is 0.580. The fourth-order valence-corrected chi connectivity index (χ4v) is 1.09. The van der Waals surface area contributed by atoms with Crippen LogP contribution >= 0.6 is 28.3 Å². The molecule has 0 fully saturated rings. The van der Waals surface area contributed by atoms with Gasteiger partial charge in [0, 0.05) is 12.0 Å². The number of ether oxygens (including phenoxy) is 1. The summed E-state index contributed by atoms with van der Waals surface area (Å²) in [4.78, 5) is 11.0. The maximum atomic E-state index is 11.0. The third-order valence-electron chi connectivity index (χ3n) is 0.848. The van der Waals surface area contributed by atoms with E-state index < -0.39 is 17.5 Å². The fraction of sp³-hybridized carbons (Fsp3) is 0.571. The second kappa shape index (κ2) is 5.06. The highest BCUT2D eigenvalue weighted by molar-refractivity contribution is 8.10. The van der Waals surface area contributed by atoms with Crippen molar-refractivity contribution in [1.82, 2.24) is 5.32 Å². The van der Waals surface area contributed by atoms with Crippen LogP contribution in [0.3, 0.4) is 0 Å². The number of amides is 1. The highest BCUT2D eigenvalue weighted by Gasteiger charge is 2.15. The molecule has 0 heterocycles. The Morgan fingerprint density at radius 3 is 2.29 bits per heavy atom. The van der Waals surface area contributed by atoms with Crippen molar-refractivity contribution in [2.75, 3.05) is 0 Å². The molecule has 14 heavy (non-hydrogen) atoms. The van der Waals surface area contributed by atoms with Gasteiger partial charge in [-0.2, -0.15) is 0 Å². The third-order valence-corrected chi connectivity index (χ3v) is 2.02. The molecule has 0 aliphatic rings. The second-order valence-electron chi connectivity index (χ2n) is 3.46. The van der Waals surface area contributed by atoms with Gasteiger partial charge in [0.2, 0.25) is 0 Å². The lowest BCUT2D eigenvalue weighted by atomic mass is 10.2. The molecule has 1 N–H and O–H groups in total. The van der Waals surface area contributed by atoms with Crippen LogP contribution in [0.1, 0.15) is 20.8 Å². The van der Waals surface area contributed by atoms with Crippen LogP contribution in [0.25, 0.3) is 0 Å². The largest absolute Gasteiger partial charge is 0.444 e. The Morgan fingerprint density at radius 1 is 1.43 bits per heavy atom. The molecular weight excluding hydrogens is 248 g/mol. The van der Waals surface area contributed by atoms with E-state index in [2.05, 4.69) is 5.32 Å². The van der Waals surface area contributed by atoms with Crippen molar-refractivity contribution in [2.45, 2.75) is 26.4 Å². The Labute approximate surface area is 92.5 Å². The van der Waals surface area contributed by atoms with Crippen molar-refractivity contribution in [1.29, 1.82) is 0 Å². The van der Waals surface area contributed by atoms with Gasteiger partial charge in [-0.15, -0.1) is 0 Å². The van der Waals surface area contributed by atoms with E-state index in [1.54, 1.807) is 20.8 Å². The predicted molar refractivity (Wildman–Crippen MR) is 57.8 cm³/mol. The minimum atomic E-state index is -3.28. The summed E-state index contributed by atoms with van der Waals surface area (Å²) in [6.07, 6.45) is 0.435. The molecule has 0 rings (SSSR count). The van der Waals surface area contributed by atoms with E-state index in [1.807, 2.05) is 0 Å². The zero-order valence-electron chi connectivity index (χ0n) is 8.08. The van der Waals surface area contributed by atoms with Gasteiger partial charge in [0.1, 0.15) is 5.60 Å². The van der Waals surface area contributed by atoms with Crippen LogP contribution in [0, 0.1) is 0 Å². The van der Waals surface area contributed by atoms with Gasteiger partial charge in [-0.1, -0.05) is 0 Å². The molecule has 7 heteroatoms. The molecule has 0 aromatic heterocycles. The topological polar surface area (TPSA) is 55.4 Å². The van der Waals surface area contributed by atoms with Crippen molar-refractivity contribution in [3.05, 3.63) is 12.0 Å². The molecule has 0 atom stereocenters. The molecule has 0 radical (unpaired) electrons. The number of hydrogen-bond acceptors (Lipinski definition) is 3. The monoisotopic (exact) mass is 259 g/mol. The average molecular weight is 260 g/mol. The van der Waals surface area contributed by atoms with Crippen LogP contribution in [0.4, 0.5) is 4.79 Å². The standard InChI is InChI=1S/C7H12Cl2NO3P/c1-7(2,3)13-6(11)10-4-5-14(8,9)12/h4-5H,1-3H3,(H,10,11)/b5-4+. The summed E-state index contributed by atoms with van der Waals surface area (Å²) in [6, 6.07) is 0. The summed E-state index contributed by atoms with van der Waals surface area (Å²) in [7, 11) is 0. The van der Waals surface area contributed by atoms with E-state index in [-0.39, 0.29) is 0 Å². The number of rotatable bonds is 2. The van der Waals surface area contributed by atoms with Crippen molar-refractivity contribution in [2.24, 2.45) is 0 Å². The molecule has 0 bridgehead atoms. The number of hydrogen-bond donors (Lipinski definition) is 1. The van der Waals surface area contributed by atoms with Crippen LogP contribution in [0.5, 0.6) is 0 Å². The highest BCUT2D eigenvalue weighted by Crippen LogP contribution is 2.57. The number of carbonyl (C=O) groups excluding carboxylic acids is 1. The number of alkyl carbamates (subject to hydrolysis) is 1. The van der Waals surface area contributed by atoms with E-state index in [1.165, 1.54) is 0 Å². The maximum Gasteiger partial charge on any atom is 0.411 e. The Kier molecular flexibility index (Phi) is 4.99. The smallest absolute Gasteiger partial charge is 0.411 e. The van der Waals surface area contributed by atoms with E-state index in [9.17, 15) is 9.36 Å².